The minimum absolute atomic E-state index is 0.275. The van der Waals surface area contributed by atoms with Gasteiger partial charge in [-0.05, 0) is 24.3 Å². The second-order valence-corrected chi connectivity index (χ2v) is 4.56. The van der Waals surface area contributed by atoms with Gasteiger partial charge in [0.05, 0.1) is 12.8 Å². The minimum Gasteiger partial charge on any atom is -0.495 e. The van der Waals surface area contributed by atoms with Crippen LogP contribution in [0.15, 0.2) is 34.9 Å². The van der Waals surface area contributed by atoms with E-state index in [1.807, 2.05) is 6.07 Å². The van der Waals surface area contributed by atoms with Gasteiger partial charge in [0, 0.05) is 16.4 Å². The molecular formula is C12H12BrN3O2. The molecule has 2 rings (SSSR count). The van der Waals surface area contributed by atoms with Crippen molar-refractivity contribution in [2.75, 3.05) is 18.2 Å². The summed E-state index contributed by atoms with van der Waals surface area (Å²) in [6, 6.07) is 6.94. The third-order valence-corrected chi connectivity index (χ3v) is 2.85. The van der Waals surface area contributed by atoms with Crippen molar-refractivity contribution in [1.29, 1.82) is 0 Å². The zero-order valence-electron chi connectivity index (χ0n) is 9.66. The lowest BCUT2D eigenvalue weighted by Crippen LogP contribution is -2.13. The SMILES string of the molecule is COc1ccc(Br)cc1NC(=O)c1cc(N)c[nH]1. The van der Waals surface area contributed by atoms with Crippen molar-refractivity contribution in [1.82, 2.24) is 4.98 Å². The van der Waals surface area contributed by atoms with Gasteiger partial charge in [-0.25, -0.2) is 0 Å². The summed E-state index contributed by atoms with van der Waals surface area (Å²) in [4.78, 5) is 14.7. The highest BCUT2D eigenvalue weighted by molar-refractivity contribution is 9.10. The Labute approximate surface area is 112 Å². The van der Waals surface area contributed by atoms with Crippen molar-refractivity contribution in [3.63, 3.8) is 0 Å². The Morgan fingerprint density at radius 1 is 1.44 bits per heavy atom. The number of hydrogen-bond acceptors (Lipinski definition) is 3. The maximum absolute atomic E-state index is 11.9. The summed E-state index contributed by atoms with van der Waals surface area (Å²) in [7, 11) is 1.55. The topological polar surface area (TPSA) is 80.1 Å². The van der Waals surface area contributed by atoms with Gasteiger partial charge in [0.2, 0.25) is 0 Å². The van der Waals surface area contributed by atoms with Crippen LogP contribution in [0, 0.1) is 0 Å². The first-order chi connectivity index (χ1) is 8.60. The van der Waals surface area contributed by atoms with Crippen LogP contribution in [0.4, 0.5) is 11.4 Å². The number of amides is 1. The molecule has 1 amide bonds. The number of carbonyl (C=O) groups excluding carboxylic acids is 1. The molecule has 0 saturated carbocycles. The van der Waals surface area contributed by atoms with Gasteiger partial charge in [-0.3, -0.25) is 4.79 Å². The standard InChI is InChI=1S/C12H12BrN3O2/c1-18-11-3-2-7(13)4-9(11)16-12(17)10-5-8(14)6-15-10/h2-6,15H,14H2,1H3,(H,16,17). The summed E-state index contributed by atoms with van der Waals surface area (Å²) >= 11 is 3.34. The van der Waals surface area contributed by atoms with Crippen LogP contribution in [0.2, 0.25) is 0 Å². The molecule has 1 heterocycles. The molecule has 18 heavy (non-hydrogen) atoms. The minimum atomic E-state index is -0.275. The van der Waals surface area contributed by atoms with Gasteiger partial charge in [-0.2, -0.15) is 0 Å². The van der Waals surface area contributed by atoms with Gasteiger partial charge < -0.3 is 20.8 Å². The van der Waals surface area contributed by atoms with E-state index in [9.17, 15) is 4.79 Å². The second-order valence-electron chi connectivity index (χ2n) is 3.65. The second kappa shape index (κ2) is 5.14. The van der Waals surface area contributed by atoms with Crippen LogP contribution in [-0.4, -0.2) is 18.0 Å². The quantitative estimate of drug-likeness (QED) is 0.815. The van der Waals surface area contributed by atoms with E-state index in [0.29, 0.717) is 22.8 Å². The highest BCUT2D eigenvalue weighted by Gasteiger charge is 2.11. The molecule has 5 nitrogen and oxygen atoms in total. The molecular weight excluding hydrogens is 298 g/mol. The Morgan fingerprint density at radius 3 is 2.83 bits per heavy atom. The number of carbonyl (C=O) groups is 1. The van der Waals surface area contributed by atoms with Crippen molar-refractivity contribution >= 4 is 33.2 Å². The molecule has 0 radical (unpaired) electrons. The third-order valence-electron chi connectivity index (χ3n) is 2.36. The molecule has 4 N–H and O–H groups in total. The zero-order chi connectivity index (χ0) is 13.1. The lowest BCUT2D eigenvalue weighted by atomic mass is 10.3. The molecule has 1 aromatic carbocycles. The van der Waals surface area contributed by atoms with Gasteiger partial charge in [0.1, 0.15) is 11.4 Å². The van der Waals surface area contributed by atoms with E-state index >= 15 is 0 Å². The van der Waals surface area contributed by atoms with Crippen LogP contribution in [0.3, 0.4) is 0 Å². The van der Waals surface area contributed by atoms with Gasteiger partial charge in [0.25, 0.3) is 5.91 Å². The molecule has 6 heteroatoms. The van der Waals surface area contributed by atoms with E-state index in [1.165, 1.54) is 0 Å². The molecule has 0 atom stereocenters. The fourth-order valence-corrected chi connectivity index (χ4v) is 1.87. The highest BCUT2D eigenvalue weighted by Crippen LogP contribution is 2.28. The lowest BCUT2D eigenvalue weighted by molar-refractivity contribution is 0.102. The van der Waals surface area contributed by atoms with Crippen molar-refractivity contribution in [2.45, 2.75) is 0 Å². The first-order valence-corrected chi connectivity index (χ1v) is 5.98. The number of methoxy groups -OCH3 is 1. The predicted octanol–water partition coefficient (Wildman–Crippen LogP) is 2.62. The Kier molecular flexibility index (Phi) is 3.57. The number of nitrogen functional groups attached to an aromatic ring is 1. The van der Waals surface area contributed by atoms with E-state index in [1.54, 1.807) is 31.5 Å². The van der Waals surface area contributed by atoms with Crippen LogP contribution in [0.25, 0.3) is 0 Å². The Balaban J connectivity index is 2.23. The number of halogens is 1. The van der Waals surface area contributed by atoms with E-state index in [4.69, 9.17) is 10.5 Å². The van der Waals surface area contributed by atoms with Gasteiger partial charge in [-0.1, -0.05) is 15.9 Å². The van der Waals surface area contributed by atoms with Crippen LogP contribution in [-0.2, 0) is 0 Å². The number of nitrogens with one attached hydrogen (secondary N) is 2. The van der Waals surface area contributed by atoms with Crippen molar-refractivity contribution in [3.8, 4) is 5.75 Å². The largest absolute Gasteiger partial charge is 0.495 e. The Morgan fingerprint density at radius 2 is 2.22 bits per heavy atom. The highest BCUT2D eigenvalue weighted by atomic mass is 79.9. The predicted molar refractivity (Wildman–Crippen MR) is 73.9 cm³/mol. The van der Waals surface area contributed by atoms with Crippen LogP contribution in [0.1, 0.15) is 10.5 Å². The van der Waals surface area contributed by atoms with Gasteiger partial charge in [0.15, 0.2) is 0 Å². The maximum Gasteiger partial charge on any atom is 0.272 e. The number of benzene rings is 1. The van der Waals surface area contributed by atoms with E-state index < -0.39 is 0 Å². The average molecular weight is 310 g/mol. The van der Waals surface area contributed by atoms with Crippen LogP contribution < -0.4 is 15.8 Å². The third kappa shape index (κ3) is 2.65. The zero-order valence-corrected chi connectivity index (χ0v) is 11.2. The van der Waals surface area contributed by atoms with Gasteiger partial charge >= 0.3 is 0 Å². The normalized spacial score (nSPS) is 10.1. The summed E-state index contributed by atoms with van der Waals surface area (Å²) in [6.45, 7) is 0. The average Bonchev–Trinajstić information content (AvgIpc) is 2.76. The van der Waals surface area contributed by atoms with Crippen LogP contribution >= 0.6 is 15.9 Å². The Bertz CT molecular complexity index is 580. The summed E-state index contributed by atoms with van der Waals surface area (Å²) in [5, 5.41) is 2.75. The Hall–Kier alpha value is -1.95. The van der Waals surface area contributed by atoms with E-state index in [0.717, 1.165) is 4.47 Å². The number of H-pyrrole nitrogens is 1. The monoisotopic (exact) mass is 309 g/mol. The van der Waals surface area contributed by atoms with Crippen LogP contribution in [0.5, 0.6) is 5.75 Å². The van der Waals surface area contributed by atoms with Crippen molar-refractivity contribution in [3.05, 3.63) is 40.6 Å². The lowest BCUT2D eigenvalue weighted by Gasteiger charge is -2.09. The van der Waals surface area contributed by atoms with Gasteiger partial charge in [-0.15, -0.1) is 0 Å². The fraction of sp³-hybridized carbons (Fsp3) is 0.0833. The summed E-state index contributed by atoms with van der Waals surface area (Å²) in [5.74, 6) is 0.314. The molecule has 0 unspecified atom stereocenters. The molecule has 0 fully saturated rings. The number of aromatic amines is 1. The summed E-state index contributed by atoms with van der Waals surface area (Å²) in [6.07, 6.45) is 1.56. The molecule has 94 valence electrons. The summed E-state index contributed by atoms with van der Waals surface area (Å²) < 4.78 is 6.02. The number of anilines is 2. The molecule has 0 aliphatic carbocycles. The molecule has 0 spiro atoms. The maximum atomic E-state index is 11.9. The van der Waals surface area contributed by atoms with Crippen molar-refractivity contribution < 1.29 is 9.53 Å². The fourth-order valence-electron chi connectivity index (χ4n) is 1.51. The number of aromatic nitrogens is 1. The number of ether oxygens (including phenoxy) is 1. The van der Waals surface area contributed by atoms with Crippen molar-refractivity contribution in [2.24, 2.45) is 0 Å². The molecule has 1 aromatic heterocycles. The molecule has 0 aliphatic rings. The number of rotatable bonds is 3. The molecule has 2 aromatic rings. The first-order valence-electron chi connectivity index (χ1n) is 5.19. The smallest absolute Gasteiger partial charge is 0.272 e. The number of hydrogen-bond donors (Lipinski definition) is 3. The number of nitrogens with two attached hydrogens (primary N) is 1. The molecule has 0 bridgehead atoms. The van der Waals surface area contributed by atoms with E-state index in [2.05, 4.69) is 26.2 Å². The molecule has 0 aliphatic heterocycles. The first kappa shape index (κ1) is 12.5. The molecule has 0 saturated heterocycles. The summed E-state index contributed by atoms with van der Waals surface area (Å²) in [5.41, 5.74) is 7.05. The van der Waals surface area contributed by atoms with E-state index in [-0.39, 0.29) is 5.91 Å².